The van der Waals surface area contributed by atoms with Crippen LogP contribution in [0.2, 0.25) is 0 Å². The molecule has 1 aliphatic rings. The van der Waals surface area contributed by atoms with Crippen molar-refractivity contribution in [2.45, 2.75) is 13.8 Å². The van der Waals surface area contributed by atoms with E-state index in [2.05, 4.69) is 78.9 Å². The minimum atomic E-state index is -0.125. The van der Waals surface area contributed by atoms with Crippen molar-refractivity contribution in [1.82, 2.24) is 4.98 Å². The second kappa shape index (κ2) is 10.3. The third-order valence-electron chi connectivity index (χ3n) is 4.95. The van der Waals surface area contributed by atoms with Crippen LogP contribution < -0.4 is 0 Å². The molecule has 1 heterocycles. The van der Waals surface area contributed by atoms with Crippen LogP contribution in [0.3, 0.4) is 0 Å². The molecule has 161 valence electrons. The van der Waals surface area contributed by atoms with Gasteiger partial charge in [0.1, 0.15) is 0 Å². The minimum absolute atomic E-state index is 0. The summed E-state index contributed by atoms with van der Waals surface area (Å²) in [6.07, 6.45) is 5.49. The summed E-state index contributed by atoms with van der Waals surface area (Å²) < 4.78 is 0. The topological polar surface area (TPSA) is 50.2 Å². The molecule has 0 bridgehead atoms. The first-order valence-electron chi connectivity index (χ1n) is 10.1. The van der Waals surface area contributed by atoms with Gasteiger partial charge in [-0.3, -0.25) is 9.78 Å². The molecule has 1 radical (unpaired) electrons. The number of rotatable bonds is 3. The smallest absolute Gasteiger partial charge is 0.155 e. The Balaban J connectivity index is 0.000000318. The molecule has 0 aliphatic heterocycles. The number of carbonyl (C=O) groups is 1. The van der Waals surface area contributed by atoms with Gasteiger partial charge in [0.25, 0.3) is 0 Å². The Labute approximate surface area is 201 Å². The maximum absolute atomic E-state index is 10.0. The predicted molar refractivity (Wildman–Crippen MR) is 127 cm³/mol. The number of ketones is 1. The van der Waals surface area contributed by atoms with Gasteiger partial charge in [0, 0.05) is 31.6 Å². The van der Waals surface area contributed by atoms with E-state index in [1.165, 1.54) is 47.6 Å². The van der Waals surface area contributed by atoms with Crippen molar-refractivity contribution in [1.29, 1.82) is 0 Å². The minimum Gasteiger partial charge on any atom is -0.512 e. The molecule has 1 aliphatic carbocycles. The number of aliphatic hydroxyl groups is 1. The zero-order chi connectivity index (χ0) is 21.8. The van der Waals surface area contributed by atoms with E-state index in [1.807, 2.05) is 12.1 Å². The van der Waals surface area contributed by atoms with Gasteiger partial charge in [-0.15, -0.1) is 29.8 Å². The molecule has 0 fully saturated rings. The van der Waals surface area contributed by atoms with Crippen molar-refractivity contribution in [3.63, 3.8) is 0 Å². The first-order chi connectivity index (χ1) is 15.0. The van der Waals surface area contributed by atoms with Crippen LogP contribution in [0.5, 0.6) is 0 Å². The average molecular weight is 597 g/mol. The summed E-state index contributed by atoms with van der Waals surface area (Å²) in [5, 5.41) is 9.62. The zero-order valence-electron chi connectivity index (χ0n) is 17.8. The molecule has 1 N–H and O–H groups in total. The molecule has 5 rings (SSSR count). The molecule has 4 heteroatoms. The van der Waals surface area contributed by atoms with E-state index in [0.29, 0.717) is 0 Å². The van der Waals surface area contributed by atoms with E-state index in [9.17, 15) is 4.79 Å². The van der Waals surface area contributed by atoms with Gasteiger partial charge in [0.2, 0.25) is 0 Å². The summed E-state index contributed by atoms with van der Waals surface area (Å²) in [6.45, 7) is 2.85. The molecule has 0 atom stereocenters. The van der Waals surface area contributed by atoms with Gasteiger partial charge in [0.05, 0.1) is 11.3 Å². The van der Waals surface area contributed by atoms with Gasteiger partial charge in [-0.1, -0.05) is 71.8 Å². The van der Waals surface area contributed by atoms with Crippen LogP contribution in [-0.2, 0) is 24.9 Å². The van der Waals surface area contributed by atoms with Gasteiger partial charge in [-0.25, -0.2) is 0 Å². The Hall–Kier alpha value is -3.33. The van der Waals surface area contributed by atoms with Crippen LogP contribution in [-0.4, -0.2) is 15.9 Å². The monoisotopic (exact) mass is 597 g/mol. The second-order valence-corrected chi connectivity index (χ2v) is 7.42. The fourth-order valence-electron chi connectivity index (χ4n) is 3.62. The van der Waals surface area contributed by atoms with E-state index < -0.39 is 0 Å². The standard InChI is InChI=1S/C23H14N.C5H8O2.Ir/c1-2-5-16(6-3-1)17-9-11-18(12-10-17)22-15-20-14-13-19-7-4-8-21(24-22)23(19)20;1-4(6)3-5(2)7;/h1-11,13-15H;3,6H,1-2H3;/q-1;;. The van der Waals surface area contributed by atoms with Crippen LogP contribution in [0.25, 0.3) is 45.4 Å². The molecule has 0 spiro atoms. The first kappa shape index (κ1) is 23.3. The Morgan fingerprint density at radius 3 is 2.28 bits per heavy atom. The van der Waals surface area contributed by atoms with Crippen molar-refractivity contribution in [2.75, 3.05) is 0 Å². The van der Waals surface area contributed by atoms with E-state index >= 15 is 0 Å². The quantitative estimate of drug-likeness (QED) is 0.140. The van der Waals surface area contributed by atoms with Crippen molar-refractivity contribution in [3.8, 4) is 22.4 Å². The molecular weight excluding hydrogens is 575 g/mol. The number of hydrogen-bond acceptors (Lipinski definition) is 3. The van der Waals surface area contributed by atoms with Crippen molar-refractivity contribution >= 4 is 28.8 Å². The summed E-state index contributed by atoms with van der Waals surface area (Å²) in [7, 11) is 0. The molecule has 1 aromatic heterocycles. The van der Waals surface area contributed by atoms with Crippen molar-refractivity contribution in [3.05, 3.63) is 102 Å². The van der Waals surface area contributed by atoms with Gasteiger partial charge in [0.15, 0.2) is 5.78 Å². The van der Waals surface area contributed by atoms with Gasteiger partial charge >= 0.3 is 0 Å². The molecule has 4 aromatic rings. The largest absolute Gasteiger partial charge is 0.512 e. The maximum Gasteiger partial charge on any atom is 0.155 e. The Morgan fingerprint density at radius 1 is 0.906 bits per heavy atom. The Kier molecular flexibility index (Phi) is 7.53. The maximum atomic E-state index is 10.0. The average Bonchev–Trinajstić information content (AvgIpc) is 3.19. The zero-order valence-corrected chi connectivity index (χ0v) is 20.2. The number of benzene rings is 3. The molecule has 0 unspecified atom stereocenters. The van der Waals surface area contributed by atoms with Gasteiger partial charge in [-0.05, 0) is 36.7 Å². The van der Waals surface area contributed by atoms with Gasteiger partial charge < -0.3 is 5.11 Å². The summed E-state index contributed by atoms with van der Waals surface area (Å²) >= 11 is 0. The summed E-state index contributed by atoms with van der Waals surface area (Å²) in [6, 6.07) is 28.5. The Bertz CT molecular complexity index is 1300. The summed E-state index contributed by atoms with van der Waals surface area (Å²) in [4.78, 5) is 14.9. The van der Waals surface area contributed by atoms with Gasteiger partial charge in [-0.2, -0.15) is 0 Å². The van der Waals surface area contributed by atoms with Crippen LogP contribution in [0.4, 0.5) is 0 Å². The molecule has 32 heavy (non-hydrogen) atoms. The molecule has 0 saturated carbocycles. The van der Waals surface area contributed by atoms with E-state index in [4.69, 9.17) is 10.1 Å². The SMILES string of the molecule is CC(=O)C=C(C)O.[Ir].[c-]1cc(-c2ccccc2)ccc1-c1cc2c3c(cccc3n1)C=C2. The molecule has 3 aromatic carbocycles. The normalized spacial score (nSPS) is 11.5. The number of aromatic nitrogens is 1. The molecule has 3 nitrogen and oxygen atoms in total. The molecular formula is C28H22IrNO2-. The van der Waals surface area contributed by atoms with Crippen LogP contribution in [0.1, 0.15) is 25.0 Å². The fraction of sp³-hybridized carbons (Fsp3) is 0.0714. The summed E-state index contributed by atoms with van der Waals surface area (Å²) in [5.41, 5.74) is 7.92. The number of nitrogens with zero attached hydrogens (tertiary/aromatic N) is 1. The number of carbonyl (C=O) groups excluding carboxylic acids is 1. The predicted octanol–water partition coefficient (Wildman–Crippen LogP) is 6.89. The van der Waals surface area contributed by atoms with Crippen LogP contribution in [0.15, 0.2) is 84.6 Å². The number of aliphatic hydroxyl groups excluding tert-OH is 1. The number of allylic oxidation sites excluding steroid dienone is 2. The fourth-order valence-corrected chi connectivity index (χ4v) is 3.62. The van der Waals surface area contributed by atoms with E-state index in [1.54, 1.807) is 0 Å². The van der Waals surface area contributed by atoms with Crippen molar-refractivity contribution in [2.24, 2.45) is 0 Å². The Morgan fingerprint density at radius 2 is 1.66 bits per heavy atom. The number of pyridine rings is 1. The number of hydrogen-bond donors (Lipinski definition) is 1. The second-order valence-electron chi connectivity index (χ2n) is 7.42. The van der Waals surface area contributed by atoms with Crippen molar-refractivity contribution < 1.29 is 30.0 Å². The third-order valence-corrected chi connectivity index (χ3v) is 4.95. The summed E-state index contributed by atoms with van der Waals surface area (Å²) in [5.74, 6) is -0.0625. The third kappa shape index (κ3) is 5.28. The van der Waals surface area contributed by atoms with E-state index in [-0.39, 0.29) is 31.6 Å². The van der Waals surface area contributed by atoms with Crippen LogP contribution in [0, 0.1) is 6.07 Å². The molecule has 0 amide bonds. The molecule has 0 saturated heterocycles. The van der Waals surface area contributed by atoms with E-state index in [0.717, 1.165) is 16.8 Å². The first-order valence-corrected chi connectivity index (χ1v) is 10.1. The van der Waals surface area contributed by atoms with Crippen LogP contribution >= 0.6 is 0 Å².